The Morgan fingerprint density at radius 2 is 1.44 bits per heavy atom. The summed E-state index contributed by atoms with van der Waals surface area (Å²) in [7, 11) is 0. The molecule has 6 nitrogen and oxygen atoms in total. The largest absolute Gasteiger partial charge is 0.481 e. The van der Waals surface area contributed by atoms with Gasteiger partial charge in [-0.3, -0.25) is 9.59 Å². The minimum atomic E-state index is -0.865. The molecule has 5 aromatic carbocycles. The number of carboxylic acids is 2. The van der Waals surface area contributed by atoms with Crippen LogP contribution in [0.5, 0.6) is 0 Å². The van der Waals surface area contributed by atoms with Crippen molar-refractivity contribution in [3.05, 3.63) is 144 Å². The second-order valence-corrected chi connectivity index (χ2v) is 15.2. The number of fused-ring (bicyclic) bond motifs is 7. The molecular weight excluding hydrogens is 681 g/mol. The Labute approximate surface area is 323 Å². The zero-order valence-electron chi connectivity index (χ0n) is 32.2. The lowest BCUT2D eigenvalue weighted by Gasteiger charge is -2.29. The normalized spacial score (nSPS) is 17.8. The molecule has 2 heterocycles. The van der Waals surface area contributed by atoms with E-state index in [9.17, 15) is 19.8 Å². The monoisotopic (exact) mass is 727 g/mol. The SMILES string of the molecule is CC#CC1(CC=C(C)C)/C(=C\C=C\C2=[N+](CCC(=O)O)c3c(c4ccccc4c4ccccc34)C2(C)C)N(CCC(=O)O)c2ccc(-c3ccccc3)cc21. The summed E-state index contributed by atoms with van der Waals surface area (Å²) in [6.07, 6.45) is 9.06. The van der Waals surface area contributed by atoms with Crippen LogP contribution in [0.1, 0.15) is 65.0 Å². The molecule has 0 bridgehead atoms. The quantitative estimate of drug-likeness (QED) is 0.0613. The molecule has 55 heavy (non-hydrogen) atoms. The van der Waals surface area contributed by atoms with Crippen molar-refractivity contribution in [3.63, 3.8) is 0 Å². The molecule has 7 rings (SSSR count). The molecule has 0 aliphatic carbocycles. The van der Waals surface area contributed by atoms with Crippen molar-refractivity contribution in [2.75, 3.05) is 18.0 Å². The third-order valence-corrected chi connectivity index (χ3v) is 11.1. The Morgan fingerprint density at radius 1 is 0.800 bits per heavy atom. The van der Waals surface area contributed by atoms with Crippen LogP contribution in [0.2, 0.25) is 0 Å². The van der Waals surface area contributed by atoms with Gasteiger partial charge in [0.1, 0.15) is 11.8 Å². The van der Waals surface area contributed by atoms with Crippen molar-refractivity contribution < 1.29 is 24.4 Å². The van der Waals surface area contributed by atoms with Crippen molar-refractivity contribution in [3.8, 4) is 23.0 Å². The summed E-state index contributed by atoms with van der Waals surface area (Å²) in [5.41, 5.74) is 8.27. The molecule has 2 N–H and O–H groups in total. The summed E-state index contributed by atoms with van der Waals surface area (Å²) in [5, 5.41) is 24.4. The highest BCUT2D eigenvalue weighted by molar-refractivity contribution is 6.19. The summed E-state index contributed by atoms with van der Waals surface area (Å²) in [6, 6.07) is 33.6. The van der Waals surface area contributed by atoms with Gasteiger partial charge >= 0.3 is 11.9 Å². The van der Waals surface area contributed by atoms with Crippen molar-refractivity contribution in [1.29, 1.82) is 0 Å². The van der Waals surface area contributed by atoms with E-state index in [2.05, 4.69) is 146 Å². The molecule has 276 valence electrons. The Kier molecular flexibility index (Phi) is 10.1. The van der Waals surface area contributed by atoms with Gasteiger partial charge in [0.2, 0.25) is 5.69 Å². The molecule has 2 aliphatic rings. The fourth-order valence-electron chi connectivity index (χ4n) is 8.66. The zero-order valence-corrected chi connectivity index (χ0v) is 32.2. The number of anilines is 1. The van der Waals surface area contributed by atoms with E-state index in [1.807, 2.05) is 31.2 Å². The van der Waals surface area contributed by atoms with E-state index < -0.39 is 22.8 Å². The van der Waals surface area contributed by atoms with Crippen LogP contribution in [0.15, 0.2) is 133 Å². The lowest BCUT2D eigenvalue weighted by atomic mass is 9.75. The fraction of sp³-hybridized carbons (Fsp3) is 0.245. The van der Waals surface area contributed by atoms with Crippen LogP contribution in [0, 0.1) is 11.8 Å². The highest BCUT2D eigenvalue weighted by atomic mass is 16.4. The summed E-state index contributed by atoms with van der Waals surface area (Å²) in [4.78, 5) is 26.3. The topological polar surface area (TPSA) is 80.9 Å². The van der Waals surface area contributed by atoms with Gasteiger partial charge in [0.05, 0.1) is 17.2 Å². The number of benzene rings is 5. The minimum Gasteiger partial charge on any atom is -0.481 e. The molecule has 1 unspecified atom stereocenters. The summed E-state index contributed by atoms with van der Waals surface area (Å²) in [6.45, 7) is 11.1. The molecule has 0 saturated carbocycles. The van der Waals surface area contributed by atoms with Crippen LogP contribution < -0.4 is 4.90 Å². The lowest BCUT2D eigenvalue weighted by molar-refractivity contribution is -0.435. The van der Waals surface area contributed by atoms with Gasteiger partial charge in [-0.05, 0) is 92.6 Å². The fourth-order valence-corrected chi connectivity index (χ4v) is 8.66. The second kappa shape index (κ2) is 14.9. The van der Waals surface area contributed by atoms with E-state index in [0.29, 0.717) is 13.0 Å². The Bertz CT molecular complexity index is 2540. The van der Waals surface area contributed by atoms with Crippen LogP contribution in [0.3, 0.4) is 0 Å². The standard InChI is InChI=1S/C49H46N2O4/c1-6-28-49(29-25-33(2)3)40-32-35(34-15-8-7-9-16-34)23-24-41(40)50(30-26-44(52)53)43(49)22-14-21-42-48(4,5)46-38-19-12-10-17-36(38)37-18-11-13-20-39(37)47(46)51(42)31-27-45(54)55/h7-25,32H,26-27,29-31H2,1-5H3,(H-,52,53,54,55)/p+1. The van der Waals surface area contributed by atoms with E-state index in [0.717, 1.165) is 55.6 Å². The Hall–Kier alpha value is -6.19. The van der Waals surface area contributed by atoms with Crippen molar-refractivity contribution in [1.82, 2.24) is 0 Å². The predicted octanol–water partition coefficient (Wildman–Crippen LogP) is 10.6. The number of carbonyl (C=O) groups is 2. The molecule has 0 fully saturated rings. The number of rotatable bonds is 11. The first kappa shape index (κ1) is 37.1. The first-order valence-corrected chi connectivity index (χ1v) is 18.9. The smallest absolute Gasteiger partial charge is 0.309 e. The number of allylic oxidation sites excluding steroid dienone is 6. The number of hydrogen-bond acceptors (Lipinski definition) is 3. The van der Waals surface area contributed by atoms with E-state index in [-0.39, 0.29) is 19.4 Å². The van der Waals surface area contributed by atoms with Crippen LogP contribution in [-0.4, -0.2) is 45.5 Å². The summed E-state index contributed by atoms with van der Waals surface area (Å²) in [5.74, 6) is 5.18. The zero-order chi connectivity index (χ0) is 38.9. The number of carboxylic acid groups (broad SMARTS) is 2. The Morgan fingerprint density at radius 3 is 2.09 bits per heavy atom. The maximum absolute atomic E-state index is 12.1. The summed E-state index contributed by atoms with van der Waals surface area (Å²) >= 11 is 0. The highest BCUT2D eigenvalue weighted by Gasteiger charge is 2.48. The van der Waals surface area contributed by atoms with Gasteiger partial charge in [0, 0.05) is 35.1 Å². The predicted molar refractivity (Wildman–Crippen MR) is 224 cm³/mol. The van der Waals surface area contributed by atoms with Crippen LogP contribution in [0.4, 0.5) is 11.4 Å². The summed E-state index contributed by atoms with van der Waals surface area (Å²) < 4.78 is 2.20. The van der Waals surface area contributed by atoms with Gasteiger partial charge in [0.15, 0.2) is 12.3 Å². The number of hydrogen-bond donors (Lipinski definition) is 2. The molecule has 0 aromatic heterocycles. The van der Waals surface area contributed by atoms with Crippen LogP contribution in [-0.2, 0) is 20.4 Å². The van der Waals surface area contributed by atoms with Gasteiger partial charge in [-0.25, -0.2) is 0 Å². The first-order valence-electron chi connectivity index (χ1n) is 18.9. The second-order valence-electron chi connectivity index (χ2n) is 15.2. The van der Waals surface area contributed by atoms with E-state index >= 15 is 0 Å². The van der Waals surface area contributed by atoms with E-state index in [4.69, 9.17) is 0 Å². The highest BCUT2D eigenvalue weighted by Crippen LogP contribution is 2.52. The van der Waals surface area contributed by atoms with Crippen LogP contribution >= 0.6 is 0 Å². The molecule has 0 saturated heterocycles. The molecule has 0 radical (unpaired) electrons. The molecule has 0 amide bonds. The van der Waals surface area contributed by atoms with Crippen LogP contribution in [0.25, 0.3) is 32.7 Å². The van der Waals surface area contributed by atoms with Gasteiger partial charge < -0.3 is 15.1 Å². The minimum absolute atomic E-state index is 0.0188. The Balaban J connectivity index is 1.45. The van der Waals surface area contributed by atoms with Crippen molar-refractivity contribution in [2.24, 2.45) is 0 Å². The van der Waals surface area contributed by atoms with Gasteiger partial charge in [-0.1, -0.05) is 103 Å². The van der Waals surface area contributed by atoms with E-state index in [1.54, 1.807) is 0 Å². The van der Waals surface area contributed by atoms with Crippen molar-refractivity contribution in [2.45, 2.75) is 64.7 Å². The maximum Gasteiger partial charge on any atom is 0.309 e. The van der Waals surface area contributed by atoms with Gasteiger partial charge in [0.25, 0.3) is 0 Å². The molecular formula is C49H47N2O4+. The van der Waals surface area contributed by atoms with Gasteiger partial charge in [-0.2, -0.15) is 4.58 Å². The number of aliphatic carboxylic acids is 2. The molecule has 6 heteroatoms. The first-order chi connectivity index (χ1) is 26.5. The average molecular weight is 728 g/mol. The van der Waals surface area contributed by atoms with Crippen molar-refractivity contribution >= 4 is 50.6 Å². The van der Waals surface area contributed by atoms with Gasteiger partial charge in [-0.15, -0.1) is 5.92 Å². The maximum atomic E-state index is 12.1. The molecule has 5 aromatic rings. The lowest BCUT2D eigenvalue weighted by Crippen LogP contribution is -2.31. The third-order valence-electron chi connectivity index (χ3n) is 11.1. The molecule has 2 aliphatic heterocycles. The van der Waals surface area contributed by atoms with E-state index in [1.165, 1.54) is 16.5 Å². The molecule has 0 spiro atoms. The third kappa shape index (κ3) is 6.65. The average Bonchev–Trinajstić information content (AvgIpc) is 3.56. The molecule has 1 atom stereocenters. The number of nitrogens with zero attached hydrogens (tertiary/aromatic N) is 2.